The summed E-state index contributed by atoms with van der Waals surface area (Å²) in [5.41, 5.74) is -1.38. The molecule has 1 aromatic heterocycles. The Hall–Kier alpha value is -2.32. The third-order valence-electron chi connectivity index (χ3n) is 4.22. The number of ether oxygens (including phenoxy) is 1. The van der Waals surface area contributed by atoms with Gasteiger partial charge in [0.15, 0.2) is 5.78 Å². The molecule has 0 saturated heterocycles. The Labute approximate surface area is 152 Å². The first-order valence-electron chi connectivity index (χ1n) is 7.88. The SMILES string of the molecule is CC(=O)c1cc2c(s1)[C@H](NC(=O)c1ccc(F)cc1F)[C@@H](O)C(C)(C)O2. The molecule has 0 unspecified atom stereocenters. The molecule has 0 radical (unpaired) electrons. The molecular weight excluding hydrogens is 364 g/mol. The van der Waals surface area contributed by atoms with Gasteiger partial charge in [0.05, 0.1) is 21.4 Å². The molecule has 2 N–H and O–H groups in total. The van der Waals surface area contributed by atoms with Crippen LogP contribution < -0.4 is 10.1 Å². The third kappa shape index (κ3) is 3.22. The average molecular weight is 381 g/mol. The summed E-state index contributed by atoms with van der Waals surface area (Å²) in [6.45, 7) is 4.69. The van der Waals surface area contributed by atoms with Gasteiger partial charge in [-0.05, 0) is 32.9 Å². The molecule has 2 heterocycles. The van der Waals surface area contributed by atoms with Gasteiger partial charge in [-0.15, -0.1) is 11.3 Å². The van der Waals surface area contributed by atoms with Crippen molar-refractivity contribution < 1.29 is 28.2 Å². The highest BCUT2D eigenvalue weighted by molar-refractivity contribution is 7.14. The van der Waals surface area contributed by atoms with Crippen LogP contribution in [-0.2, 0) is 0 Å². The molecule has 3 rings (SSSR count). The van der Waals surface area contributed by atoms with E-state index in [1.807, 2.05) is 0 Å². The lowest BCUT2D eigenvalue weighted by Gasteiger charge is -2.40. The second-order valence-corrected chi connectivity index (χ2v) is 7.70. The van der Waals surface area contributed by atoms with Crippen molar-refractivity contribution >= 4 is 23.0 Å². The number of Topliss-reactive ketones (excluding diaryl/α,β-unsaturated/α-hetero) is 1. The summed E-state index contributed by atoms with van der Waals surface area (Å²) >= 11 is 1.10. The highest BCUT2D eigenvalue weighted by atomic mass is 32.1. The molecule has 1 amide bonds. The number of aliphatic hydroxyl groups is 1. The van der Waals surface area contributed by atoms with E-state index in [0.29, 0.717) is 21.6 Å². The Bertz CT molecular complexity index is 893. The number of ketones is 1. The second kappa shape index (κ2) is 6.44. The zero-order valence-corrected chi connectivity index (χ0v) is 15.1. The summed E-state index contributed by atoms with van der Waals surface area (Å²) in [5.74, 6) is -2.37. The van der Waals surface area contributed by atoms with Gasteiger partial charge in [-0.2, -0.15) is 0 Å². The number of carbonyl (C=O) groups excluding carboxylic acids is 2. The monoisotopic (exact) mass is 381 g/mol. The molecule has 138 valence electrons. The van der Waals surface area contributed by atoms with Gasteiger partial charge in [-0.25, -0.2) is 8.78 Å². The van der Waals surface area contributed by atoms with Crippen molar-refractivity contribution in [3.63, 3.8) is 0 Å². The second-order valence-electron chi connectivity index (χ2n) is 6.62. The lowest BCUT2D eigenvalue weighted by atomic mass is 9.90. The van der Waals surface area contributed by atoms with Crippen LogP contribution in [0.5, 0.6) is 5.75 Å². The van der Waals surface area contributed by atoms with Crippen molar-refractivity contribution in [1.82, 2.24) is 5.32 Å². The molecule has 26 heavy (non-hydrogen) atoms. The maximum absolute atomic E-state index is 13.9. The van der Waals surface area contributed by atoms with Gasteiger partial charge >= 0.3 is 0 Å². The minimum Gasteiger partial charge on any atom is -0.484 e. The first-order chi connectivity index (χ1) is 12.1. The Balaban J connectivity index is 1.97. The van der Waals surface area contributed by atoms with Crippen molar-refractivity contribution in [3.8, 4) is 5.75 Å². The number of amides is 1. The van der Waals surface area contributed by atoms with Crippen LogP contribution in [0, 0.1) is 11.6 Å². The Kier molecular flexibility index (Phi) is 4.58. The van der Waals surface area contributed by atoms with Gasteiger partial charge in [0, 0.05) is 12.1 Å². The predicted octanol–water partition coefficient (Wildman–Crippen LogP) is 3.23. The smallest absolute Gasteiger partial charge is 0.254 e. The molecule has 2 aromatic rings. The molecule has 1 aliphatic heterocycles. The molecule has 0 aliphatic carbocycles. The van der Waals surface area contributed by atoms with Crippen LogP contribution >= 0.6 is 11.3 Å². The van der Waals surface area contributed by atoms with Crippen molar-refractivity contribution in [1.29, 1.82) is 0 Å². The van der Waals surface area contributed by atoms with Crippen LogP contribution in [0.15, 0.2) is 24.3 Å². The molecule has 0 bridgehead atoms. The number of rotatable bonds is 3. The Morgan fingerprint density at radius 1 is 1.27 bits per heavy atom. The van der Waals surface area contributed by atoms with Crippen molar-refractivity contribution in [2.75, 3.05) is 0 Å². The standard InChI is InChI=1S/C18H17F2NO4S/c1-8(22)13-7-12-15(26-13)14(16(23)18(2,3)25-12)21-17(24)10-5-4-9(19)6-11(10)20/h4-7,14,16,23H,1-3H3,(H,21,24)/t14-,16+/m0/s1. The highest BCUT2D eigenvalue weighted by Gasteiger charge is 2.45. The summed E-state index contributed by atoms with van der Waals surface area (Å²) in [4.78, 5) is 25.0. The van der Waals surface area contributed by atoms with Gasteiger partial charge in [0.1, 0.15) is 29.1 Å². The number of halogens is 2. The minimum absolute atomic E-state index is 0.171. The third-order valence-corrected chi connectivity index (χ3v) is 5.52. The maximum Gasteiger partial charge on any atom is 0.254 e. The van der Waals surface area contributed by atoms with E-state index in [1.165, 1.54) is 6.92 Å². The maximum atomic E-state index is 13.9. The summed E-state index contributed by atoms with van der Waals surface area (Å²) in [6, 6.07) is 3.29. The minimum atomic E-state index is -1.14. The van der Waals surface area contributed by atoms with Gasteiger partial charge < -0.3 is 15.2 Å². The summed E-state index contributed by atoms with van der Waals surface area (Å²) in [6.07, 6.45) is -1.14. The first-order valence-corrected chi connectivity index (χ1v) is 8.69. The van der Waals surface area contributed by atoms with Crippen LogP contribution in [-0.4, -0.2) is 28.5 Å². The number of hydrogen-bond acceptors (Lipinski definition) is 5. The fourth-order valence-corrected chi connectivity index (χ4v) is 3.85. The normalized spacial score (nSPS) is 20.8. The summed E-state index contributed by atoms with van der Waals surface area (Å²) < 4.78 is 32.7. The number of carbonyl (C=O) groups is 2. The fourth-order valence-electron chi connectivity index (χ4n) is 2.78. The molecule has 8 heteroatoms. The predicted molar refractivity (Wildman–Crippen MR) is 91.6 cm³/mol. The quantitative estimate of drug-likeness (QED) is 0.801. The van der Waals surface area contributed by atoms with E-state index in [1.54, 1.807) is 19.9 Å². The van der Waals surface area contributed by atoms with E-state index in [-0.39, 0.29) is 11.3 Å². The van der Waals surface area contributed by atoms with E-state index < -0.39 is 35.3 Å². The number of aliphatic hydroxyl groups excluding tert-OH is 1. The van der Waals surface area contributed by atoms with Crippen molar-refractivity contribution in [2.24, 2.45) is 0 Å². The molecule has 0 spiro atoms. The van der Waals surface area contributed by atoms with Crippen LogP contribution in [0.3, 0.4) is 0 Å². The van der Waals surface area contributed by atoms with E-state index >= 15 is 0 Å². The number of hydrogen-bond donors (Lipinski definition) is 2. The molecule has 1 aliphatic rings. The van der Waals surface area contributed by atoms with Gasteiger partial charge in [0.25, 0.3) is 5.91 Å². The zero-order chi connectivity index (χ0) is 19.2. The van der Waals surface area contributed by atoms with Crippen LogP contribution in [0.1, 0.15) is 51.7 Å². The molecule has 2 atom stereocenters. The lowest BCUT2D eigenvalue weighted by Crippen LogP contribution is -2.53. The molecule has 0 fully saturated rings. The Morgan fingerprint density at radius 3 is 2.58 bits per heavy atom. The first kappa shape index (κ1) is 18.5. The average Bonchev–Trinajstić information content (AvgIpc) is 2.94. The van der Waals surface area contributed by atoms with Crippen LogP contribution in [0.2, 0.25) is 0 Å². The van der Waals surface area contributed by atoms with Gasteiger partial charge in [-0.1, -0.05) is 0 Å². The number of nitrogens with one attached hydrogen (secondary N) is 1. The Morgan fingerprint density at radius 2 is 1.96 bits per heavy atom. The number of thiophene rings is 1. The summed E-state index contributed by atoms with van der Waals surface area (Å²) in [7, 11) is 0. The van der Waals surface area contributed by atoms with Gasteiger partial charge in [-0.3, -0.25) is 9.59 Å². The fraction of sp³-hybridized carbons (Fsp3) is 0.333. The molecule has 0 saturated carbocycles. The topological polar surface area (TPSA) is 75.6 Å². The van der Waals surface area contributed by atoms with E-state index in [9.17, 15) is 23.5 Å². The zero-order valence-electron chi connectivity index (χ0n) is 14.3. The van der Waals surface area contributed by atoms with E-state index in [0.717, 1.165) is 23.5 Å². The largest absolute Gasteiger partial charge is 0.484 e. The van der Waals surface area contributed by atoms with Crippen molar-refractivity contribution in [3.05, 3.63) is 51.2 Å². The van der Waals surface area contributed by atoms with Crippen LogP contribution in [0.4, 0.5) is 8.78 Å². The van der Waals surface area contributed by atoms with Crippen LogP contribution in [0.25, 0.3) is 0 Å². The lowest BCUT2D eigenvalue weighted by molar-refractivity contribution is -0.0612. The molecule has 1 aromatic carbocycles. The summed E-state index contributed by atoms with van der Waals surface area (Å²) in [5, 5.41) is 13.2. The van der Waals surface area contributed by atoms with Crippen molar-refractivity contribution in [2.45, 2.75) is 38.5 Å². The number of benzene rings is 1. The molecular formula is C18H17F2NO4S. The van der Waals surface area contributed by atoms with E-state index in [4.69, 9.17) is 4.74 Å². The van der Waals surface area contributed by atoms with E-state index in [2.05, 4.69) is 5.32 Å². The number of fused-ring (bicyclic) bond motifs is 1. The highest BCUT2D eigenvalue weighted by Crippen LogP contribution is 2.45. The van der Waals surface area contributed by atoms with Gasteiger partial charge in [0.2, 0.25) is 0 Å². The molecule has 5 nitrogen and oxygen atoms in total.